The first-order valence-electron chi connectivity index (χ1n) is 4.23. The number of nitrogens with one attached hydrogen (secondary N) is 1. The minimum atomic E-state index is -0.0761. The minimum Gasteiger partial charge on any atom is -0.393 e. The van der Waals surface area contributed by atoms with Crippen LogP contribution in [-0.2, 0) is 0 Å². The van der Waals surface area contributed by atoms with E-state index in [-0.39, 0.29) is 6.10 Å². The molecular formula is C8H17NO. The molecule has 1 saturated heterocycles. The maximum absolute atomic E-state index is 9.44. The van der Waals surface area contributed by atoms with Crippen LogP contribution in [0, 0.1) is 5.92 Å². The van der Waals surface area contributed by atoms with Gasteiger partial charge in [0.1, 0.15) is 0 Å². The molecule has 1 aliphatic heterocycles. The number of aliphatic hydroxyl groups excluding tert-OH is 1. The Morgan fingerprint density at radius 2 is 2.50 bits per heavy atom. The average molecular weight is 143 g/mol. The highest BCUT2D eigenvalue weighted by molar-refractivity contribution is 4.74. The molecule has 0 aliphatic carbocycles. The molecule has 2 unspecified atom stereocenters. The molecule has 60 valence electrons. The quantitative estimate of drug-likeness (QED) is 0.598. The average Bonchev–Trinajstić information content (AvgIpc) is 2.05. The van der Waals surface area contributed by atoms with Crippen molar-refractivity contribution in [2.24, 2.45) is 5.92 Å². The molecule has 0 radical (unpaired) electrons. The standard InChI is InChI=1S/C8H17NO/c1-2-8(10)7-4-3-5-9-6-7/h7-10H,2-6H2,1H3. The molecule has 2 N–H and O–H groups in total. The molecule has 1 heterocycles. The molecular weight excluding hydrogens is 126 g/mol. The number of aliphatic hydroxyl groups is 1. The van der Waals surface area contributed by atoms with Crippen molar-refractivity contribution in [2.75, 3.05) is 13.1 Å². The third-order valence-corrected chi connectivity index (χ3v) is 2.30. The Balaban J connectivity index is 2.24. The SMILES string of the molecule is CCC(O)C1CCCNC1. The number of hydrogen-bond acceptors (Lipinski definition) is 2. The van der Waals surface area contributed by atoms with E-state index in [4.69, 9.17) is 0 Å². The molecule has 0 aromatic heterocycles. The van der Waals surface area contributed by atoms with E-state index in [1.807, 2.05) is 6.92 Å². The third kappa shape index (κ3) is 1.96. The zero-order chi connectivity index (χ0) is 7.40. The molecule has 1 aliphatic rings. The van der Waals surface area contributed by atoms with Gasteiger partial charge in [-0.25, -0.2) is 0 Å². The largest absolute Gasteiger partial charge is 0.393 e. The maximum atomic E-state index is 9.44. The van der Waals surface area contributed by atoms with E-state index in [0.29, 0.717) is 5.92 Å². The van der Waals surface area contributed by atoms with E-state index >= 15 is 0 Å². The Morgan fingerprint density at radius 3 is 3.00 bits per heavy atom. The smallest absolute Gasteiger partial charge is 0.0577 e. The molecule has 10 heavy (non-hydrogen) atoms. The van der Waals surface area contributed by atoms with Crippen LogP contribution in [0.3, 0.4) is 0 Å². The lowest BCUT2D eigenvalue weighted by molar-refractivity contribution is 0.0886. The summed E-state index contributed by atoms with van der Waals surface area (Å²) in [5.41, 5.74) is 0. The van der Waals surface area contributed by atoms with Crippen LogP contribution >= 0.6 is 0 Å². The second kappa shape index (κ2) is 3.94. The zero-order valence-corrected chi connectivity index (χ0v) is 6.64. The summed E-state index contributed by atoms with van der Waals surface area (Å²) >= 11 is 0. The molecule has 0 bridgehead atoms. The van der Waals surface area contributed by atoms with Crippen LogP contribution in [0.5, 0.6) is 0 Å². The normalized spacial score (nSPS) is 30.0. The Bertz CT molecular complexity index is 89.3. The number of hydrogen-bond donors (Lipinski definition) is 2. The molecule has 2 atom stereocenters. The third-order valence-electron chi connectivity index (χ3n) is 2.30. The van der Waals surface area contributed by atoms with Crippen LogP contribution in [0.4, 0.5) is 0 Å². The molecule has 0 amide bonds. The molecule has 1 fully saturated rings. The molecule has 2 nitrogen and oxygen atoms in total. The van der Waals surface area contributed by atoms with Crippen molar-refractivity contribution in [3.05, 3.63) is 0 Å². The molecule has 0 aromatic carbocycles. The van der Waals surface area contributed by atoms with Crippen molar-refractivity contribution in [3.63, 3.8) is 0 Å². The van der Waals surface area contributed by atoms with Gasteiger partial charge in [0.15, 0.2) is 0 Å². The molecule has 1 rings (SSSR count). The molecule has 0 spiro atoms. The maximum Gasteiger partial charge on any atom is 0.0577 e. The Labute approximate surface area is 62.6 Å². The lowest BCUT2D eigenvalue weighted by atomic mass is 9.92. The summed E-state index contributed by atoms with van der Waals surface area (Å²) in [5, 5.41) is 12.7. The van der Waals surface area contributed by atoms with Crippen molar-refractivity contribution >= 4 is 0 Å². The Morgan fingerprint density at radius 1 is 1.70 bits per heavy atom. The van der Waals surface area contributed by atoms with Crippen LogP contribution in [-0.4, -0.2) is 24.3 Å². The van der Waals surface area contributed by atoms with Gasteiger partial charge in [-0.1, -0.05) is 6.92 Å². The topological polar surface area (TPSA) is 32.3 Å². The van der Waals surface area contributed by atoms with Gasteiger partial charge in [-0.3, -0.25) is 0 Å². The fraction of sp³-hybridized carbons (Fsp3) is 1.00. The van der Waals surface area contributed by atoms with Gasteiger partial charge in [0.25, 0.3) is 0 Å². The highest BCUT2D eigenvalue weighted by atomic mass is 16.3. The van der Waals surface area contributed by atoms with Gasteiger partial charge in [0.05, 0.1) is 6.10 Å². The Kier molecular flexibility index (Phi) is 3.16. The van der Waals surface area contributed by atoms with E-state index in [0.717, 1.165) is 19.5 Å². The predicted octanol–water partition coefficient (Wildman–Crippen LogP) is 0.757. The van der Waals surface area contributed by atoms with Crippen LogP contribution in [0.15, 0.2) is 0 Å². The summed E-state index contributed by atoms with van der Waals surface area (Å²) < 4.78 is 0. The monoisotopic (exact) mass is 143 g/mol. The molecule has 0 saturated carbocycles. The lowest BCUT2D eigenvalue weighted by Gasteiger charge is -2.26. The highest BCUT2D eigenvalue weighted by Gasteiger charge is 2.19. The van der Waals surface area contributed by atoms with E-state index in [2.05, 4.69) is 5.32 Å². The second-order valence-electron chi connectivity index (χ2n) is 3.08. The first-order valence-corrected chi connectivity index (χ1v) is 4.23. The predicted molar refractivity (Wildman–Crippen MR) is 41.9 cm³/mol. The summed E-state index contributed by atoms with van der Waals surface area (Å²) in [6.45, 7) is 4.18. The van der Waals surface area contributed by atoms with Crippen molar-refractivity contribution < 1.29 is 5.11 Å². The minimum absolute atomic E-state index is 0.0761. The van der Waals surface area contributed by atoms with Gasteiger partial charge in [0, 0.05) is 6.54 Å². The number of piperidine rings is 1. The zero-order valence-electron chi connectivity index (χ0n) is 6.64. The van der Waals surface area contributed by atoms with Crippen molar-refractivity contribution in [1.82, 2.24) is 5.32 Å². The van der Waals surface area contributed by atoms with Gasteiger partial charge in [0.2, 0.25) is 0 Å². The summed E-state index contributed by atoms with van der Waals surface area (Å²) in [4.78, 5) is 0. The van der Waals surface area contributed by atoms with Crippen LogP contribution in [0.25, 0.3) is 0 Å². The van der Waals surface area contributed by atoms with E-state index in [1.54, 1.807) is 0 Å². The number of rotatable bonds is 2. The van der Waals surface area contributed by atoms with Crippen LogP contribution < -0.4 is 5.32 Å². The van der Waals surface area contributed by atoms with E-state index in [9.17, 15) is 5.11 Å². The van der Waals surface area contributed by atoms with Gasteiger partial charge < -0.3 is 10.4 Å². The van der Waals surface area contributed by atoms with Crippen LogP contribution in [0.2, 0.25) is 0 Å². The van der Waals surface area contributed by atoms with Gasteiger partial charge in [-0.05, 0) is 31.7 Å². The van der Waals surface area contributed by atoms with Gasteiger partial charge in [-0.2, -0.15) is 0 Å². The van der Waals surface area contributed by atoms with Crippen molar-refractivity contribution in [3.8, 4) is 0 Å². The Hall–Kier alpha value is -0.0800. The van der Waals surface area contributed by atoms with Crippen LogP contribution in [0.1, 0.15) is 26.2 Å². The van der Waals surface area contributed by atoms with E-state index < -0.39 is 0 Å². The summed E-state index contributed by atoms with van der Waals surface area (Å²) in [7, 11) is 0. The van der Waals surface area contributed by atoms with Gasteiger partial charge >= 0.3 is 0 Å². The lowest BCUT2D eigenvalue weighted by Crippen LogP contribution is -2.36. The summed E-state index contributed by atoms with van der Waals surface area (Å²) in [6.07, 6.45) is 3.24. The molecule has 0 aromatic rings. The summed E-state index contributed by atoms with van der Waals surface area (Å²) in [5.74, 6) is 0.513. The fourth-order valence-electron chi connectivity index (χ4n) is 1.54. The first kappa shape index (κ1) is 8.02. The van der Waals surface area contributed by atoms with Crippen molar-refractivity contribution in [1.29, 1.82) is 0 Å². The van der Waals surface area contributed by atoms with Crippen molar-refractivity contribution in [2.45, 2.75) is 32.3 Å². The first-order chi connectivity index (χ1) is 4.84. The van der Waals surface area contributed by atoms with Gasteiger partial charge in [-0.15, -0.1) is 0 Å². The highest BCUT2D eigenvalue weighted by Crippen LogP contribution is 2.15. The van der Waals surface area contributed by atoms with E-state index in [1.165, 1.54) is 12.8 Å². The molecule has 2 heteroatoms. The second-order valence-corrected chi connectivity index (χ2v) is 3.08. The fourth-order valence-corrected chi connectivity index (χ4v) is 1.54. The summed E-state index contributed by atoms with van der Waals surface area (Å²) in [6, 6.07) is 0.